The highest BCUT2D eigenvalue weighted by Gasteiger charge is 2.68. The second-order valence-electron chi connectivity index (χ2n) is 6.22. The lowest BCUT2D eigenvalue weighted by Crippen LogP contribution is -2.62. The fourth-order valence-corrected chi connectivity index (χ4v) is 3.35. The smallest absolute Gasteiger partial charge is 0.439 e. The van der Waals surface area contributed by atoms with Crippen LogP contribution in [-0.4, -0.2) is 40.2 Å². The summed E-state index contributed by atoms with van der Waals surface area (Å²) in [6, 6.07) is 7.90. The number of benzene rings is 1. The van der Waals surface area contributed by atoms with Crippen LogP contribution in [-0.2, 0) is 4.79 Å². The Labute approximate surface area is 147 Å². The van der Waals surface area contributed by atoms with Crippen LogP contribution in [0.1, 0.15) is 31.2 Å². The van der Waals surface area contributed by atoms with E-state index in [-0.39, 0.29) is 28.5 Å². The average molecular weight is 367 g/mol. The molecule has 1 aliphatic carbocycles. The molecule has 26 heavy (non-hydrogen) atoms. The minimum atomic E-state index is -5.06. The molecule has 9 heteroatoms. The lowest BCUT2D eigenvalue weighted by Gasteiger charge is -2.38. The normalized spacial score (nSPS) is 25.3. The molecule has 1 N–H and O–H groups in total. The van der Waals surface area contributed by atoms with Gasteiger partial charge in [-0.15, -0.1) is 0 Å². The summed E-state index contributed by atoms with van der Waals surface area (Å²) in [5.74, 6) is -2.31. The standard InChI is InChI=1S/C17H16F3N3O3/c18-17(19,20)16(25)12-6-2-3-7-13(12)22-23(16)15(24)10-26-14-8-4-1-5-11(14)9-21/h1,4-5,8,12,25H,2-3,6-7,10H2/t12-,16+/m1/s1. The first-order valence-corrected chi connectivity index (χ1v) is 8.10. The van der Waals surface area contributed by atoms with Crippen LogP contribution in [0.4, 0.5) is 13.2 Å². The number of fused-ring (bicyclic) bond motifs is 1. The molecule has 3 rings (SSSR count). The Morgan fingerprint density at radius 2 is 2.15 bits per heavy atom. The van der Waals surface area contributed by atoms with Gasteiger partial charge in [0.25, 0.3) is 11.6 Å². The molecule has 0 unspecified atom stereocenters. The maximum Gasteiger partial charge on any atom is 0.439 e. The fourth-order valence-electron chi connectivity index (χ4n) is 3.35. The maximum absolute atomic E-state index is 13.6. The summed E-state index contributed by atoms with van der Waals surface area (Å²) in [7, 11) is 0. The molecule has 0 saturated heterocycles. The zero-order valence-electron chi connectivity index (χ0n) is 13.7. The third-order valence-electron chi connectivity index (χ3n) is 4.63. The Morgan fingerprint density at radius 1 is 1.42 bits per heavy atom. The van der Waals surface area contributed by atoms with Crippen LogP contribution in [0.15, 0.2) is 29.4 Å². The topological polar surface area (TPSA) is 85.9 Å². The molecular formula is C17H16F3N3O3. The van der Waals surface area contributed by atoms with Gasteiger partial charge in [0.05, 0.1) is 11.5 Å². The first kappa shape index (κ1) is 18.2. The number of hydrazone groups is 1. The molecule has 0 bridgehead atoms. The van der Waals surface area contributed by atoms with Crippen LogP contribution in [0.2, 0.25) is 0 Å². The van der Waals surface area contributed by atoms with Crippen molar-refractivity contribution in [3.63, 3.8) is 0 Å². The monoisotopic (exact) mass is 367 g/mol. The van der Waals surface area contributed by atoms with Crippen molar-refractivity contribution in [2.45, 2.75) is 37.6 Å². The highest BCUT2D eigenvalue weighted by Crippen LogP contribution is 2.48. The Morgan fingerprint density at radius 3 is 2.85 bits per heavy atom. The lowest BCUT2D eigenvalue weighted by molar-refractivity contribution is -0.317. The molecule has 1 saturated carbocycles. The molecule has 1 aliphatic heterocycles. The number of para-hydroxylation sites is 1. The molecule has 1 amide bonds. The first-order valence-electron chi connectivity index (χ1n) is 8.10. The van der Waals surface area contributed by atoms with Gasteiger partial charge in [0.2, 0.25) is 0 Å². The minimum Gasteiger partial charge on any atom is -0.482 e. The van der Waals surface area contributed by atoms with Crippen molar-refractivity contribution in [2.75, 3.05) is 6.61 Å². The van der Waals surface area contributed by atoms with Gasteiger partial charge in [-0.25, -0.2) is 0 Å². The van der Waals surface area contributed by atoms with Crippen LogP contribution in [0.3, 0.4) is 0 Å². The van der Waals surface area contributed by atoms with E-state index in [1.807, 2.05) is 6.07 Å². The molecule has 0 spiro atoms. The Bertz CT molecular complexity index is 787. The number of hydrogen-bond donors (Lipinski definition) is 1. The maximum atomic E-state index is 13.6. The molecule has 1 aromatic carbocycles. The number of aliphatic hydroxyl groups is 1. The van der Waals surface area contributed by atoms with E-state index in [2.05, 4.69) is 5.10 Å². The Hall–Kier alpha value is -2.60. The van der Waals surface area contributed by atoms with Crippen LogP contribution in [0.5, 0.6) is 5.75 Å². The number of alkyl halides is 3. The summed E-state index contributed by atoms with van der Waals surface area (Å²) in [4.78, 5) is 12.4. The number of carbonyl (C=O) groups excluding carboxylic acids is 1. The molecule has 1 heterocycles. The molecule has 1 aromatic rings. The van der Waals surface area contributed by atoms with Gasteiger partial charge >= 0.3 is 6.18 Å². The predicted octanol–water partition coefficient (Wildman–Crippen LogP) is 2.58. The van der Waals surface area contributed by atoms with Crippen molar-refractivity contribution in [1.29, 1.82) is 5.26 Å². The molecule has 2 atom stereocenters. The quantitative estimate of drug-likeness (QED) is 0.890. The van der Waals surface area contributed by atoms with E-state index < -0.39 is 30.3 Å². The van der Waals surface area contributed by atoms with E-state index in [4.69, 9.17) is 10.00 Å². The third kappa shape index (κ3) is 2.90. The van der Waals surface area contributed by atoms with Crippen molar-refractivity contribution in [2.24, 2.45) is 11.0 Å². The zero-order valence-corrected chi connectivity index (χ0v) is 13.7. The van der Waals surface area contributed by atoms with E-state index in [1.54, 1.807) is 12.1 Å². The summed E-state index contributed by atoms with van der Waals surface area (Å²) < 4.78 is 46.0. The average Bonchev–Trinajstić information content (AvgIpc) is 2.94. The highest BCUT2D eigenvalue weighted by atomic mass is 19.4. The highest BCUT2D eigenvalue weighted by molar-refractivity contribution is 5.93. The molecule has 0 radical (unpaired) electrons. The van der Waals surface area contributed by atoms with Gasteiger partial charge in [0.15, 0.2) is 6.61 Å². The molecule has 0 aromatic heterocycles. The molecular weight excluding hydrogens is 351 g/mol. The van der Waals surface area contributed by atoms with Crippen LogP contribution < -0.4 is 4.74 Å². The predicted molar refractivity (Wildman–Crippen MR) is 83.9 cm³/mol. The second-order valence-corrected chi connectivity index (χ2v) is 6.22. The van der Waals surface area contributed by atoms with Crippen LogP contribution >= 0.6 is 0 Å². The second kappa shape index (κ2) is 6.61. The summed E-state index contributed by atoms with van der Waals surface area (Å²) >= 11 is 0. The van der Waals surface area contributed by atoms with Gasteiger partial charge in [0.1, 0.15) is 11.8 Å². The summed E-state index contributed by atoms with van der Waals surface area (Å²) in [6.07, 6.45) is -3.45. The number of amides is 1. The summed E-state index contributed by atoms with van der Waals surface area (Å²) in [5, 5.41) is 23.3. The molecule has 1 fully saturated rings. The van der Waals surface area contributed by atoms with Gasteiger partial charge in [-0.1, -0.05) is 18.6 Å². The zero-order chi connectivity index (χ0) is 18.9. The molecule has 138 valence electrons. The van der Waals surface area contributed by atoms with E-state index in [0.717, 1.165) is 0 Å². The van der Waals surface area contributed by atoms with Crippen molar-refractivity contribution in [3.05, 3.63) is 29.8 Å². The van der Waals surface area contributed by atoms with Crippen molar-refractivity contribution >= 4 is 11.6 Å². The SMILES string of the molecule is N#Cc1ccccc1OCC(=O)N1N=C2CCCC[C@H]2[C@]1(O)C(F)(F)F. The van der Waals surface area contributed by atoms with Gasteiger partial charge in [-0.2, -0.15) is 28.5 Å². The van der Waals surface area contributed by atoms with E-state index in [9.17, 15) is 23.1 Å². The summed E-state index contributed by atoms with van der Waals surface area (Å²) in [5.41, 5.74) is -3.03. The lowest BCUT2D eigenvalue weighted by atomic mass is 9.80. The van der Waals surface area contributed by atoms with Crippen LogP contribution in [0, 0.1) is 17.2 Å². The van der Waals surface area contributed by atoms with E-state index >= 15 is 0 Å². The fraction of sp³-hybridized carbons (Fsp3) is 0.471. The number of rotatable bonds is 3. The largest absolute Gasteiger partial charge is 0.482 e. The van der Waals surface area contributed by atoms with Crippen molar-refractivity contribution in [1.82, 2.24) is 5.01 Å². The van der Waals surface area contributed by atoms with Crippen molar-refractivity contribution < 1.29 is 27.8 Å². The Kier molecular flexibility index (Phi) is 4.63. The van der Waals surface area contributed by atoms with Gasteiger partial charge in [0, 0.05) is 5.71 Å². The molecule has 6 nitrogen and oxygen atoms in total. The minimum absolute atomic E-state index is 0.0724. The Balaban J connectivity index is 1.83. The third-order valence-corrected chi connectivity index (χ3v) is 4.63. The number of carbonyl (C=O) groups is 1. The number of ether oxygens (including phenoxy) is 1. The number of nitriles is 1. The van der Waals surface area contributed by atoms with Gasteiger partial charge in [-0.05, 0) is 31.4 Å². The molecule has 2 aliphatic rings. The van der Waals surface area contributed by atoms with Gasteiger partial charge < -0.3 is 9.84 Å². The van der Waals surface area contributed by atoms with E-state index in [1.165, 1.54) is 12.1 Å². The summed E-state index contributed by atoms with van der Waals surface area (Å²) in [6.45, 7) is -0.777. The van der Waals surface area contributed by atoms with Crippen LogP contribution in [0.25, 0.3) is 0 Å². The number of halogens is 3. The van der Waals surface area contributed by atoms with Gasteiger partial charge in [-0.3, -0.25) is 4.79 Å². The van der Waals surface area contributed by atoms with Crippen molar-refractivity contribution in [3.8, 4) is 11.8 Å². The van der Waals surface area contributed by atoms with E-state index in [0.29, 0.717) is 19.3 Å². The number of nitrogens with zero attached hydrogens (tertiary/aromatic N) is 3. The number of hydrogen-bond acceptors (Lipinski definition) is 5. The first-order chi connectivity index (χ1) is 12.3.